The molecule has 5 heterocycles. The first kappa shape index (κ1) is 29.0. The average molecular weight is 605 g/mol. The molecule has 1 amide bonds. The van der Waals surface area contributed by atoms with Gasteiger partial charge in [0, 0.05) is 18.8 Å². The van der Waals surface area contributed by atoms with Crippen LogP contribution >= 0.6 is 11.6 Å². The maximum absolute atomic E-state index is 14.0. The summed E-state index contributed by atoms with van der Waals surface area (Å²) < 4.78 is 44.3. The second-order valence-electron chi connectivity index (χ2n) is 11.6. The molecule has 2 aromatic rings. The van der Waals surface area contributed by atoms with Crippen molar-refractivity contribution < 1.29 is 27.8 Å². The smallest absolute Gasteiger partial charge is 0.299 e. The standard InChI is InChI=1S/C29H35ClF2N6O4/c1-3-23(39)35-20-14-18(4-5-21(20)38-12-8-28(9-13-38)6-10-37(2)11-7-28)34-27-33-15-19(30)26(36-27)42-22-16-40-25-24(22)41-17-29(25,31)32/h3-5,14-15,22,24-25H,1,6-13,16-17H2,2H3,(H,35,39)(H,33,34,36)/t22-,24-,25+/m0/s1. The second-order valence-corrected chi connectivity index (χ2v) is 12.0. The van der Waals surface area contributed by atoms with E-state index in [4.69, 9.17) is 25.8 Å². The Morgan fingerprint density at radius 2 is 1.93 bits per heavy atom. The minimum atomic E-state index is -3.07. The fourth-order valence-electron chi connectivity index (χ4n) is 6.29. The molecular weight excluding hydrogens is 570 g/mol. The summed E-state index contributed by atoms with van der Waals surface area (Å²) >= 11 is 6.27. The number of carbonyl (C=O) groups is 1. The van der Waals surface area contributed by atoms with Crippen molar-refractivity contribution >= 4 is 40.5 Å². The zero-order valence-corrected chi connectivity index (χ0v) is 24.2. The molecule has 1 spiro atoms. The van der Waals surface area contributed by atoms with Crippen molar-refractivity contribution in [1.82, 2.24) is 14.9 Å². The maximum Gasteiger partial charge on any atom is 0.299 e. The number of alkyl halides is 2. The van der Waals surface area contributed by atoms with E-state index in [0.717, 1.165) is 44.7 Å². The molecule has 0 aliphatic carbocycles. The summed E-state index contributed by atoms with van der Waals surface area (Å²) in [5.74, 6) is -3.18. The molecule has 10 nitrogen and oxygen atoms in total. The van der Waals surface area contributed by atoms with Gasteiger partial charge >= 0.3 is 0 Å². The van der Waals surface area contributed by atoms with Gasteiger partial charge in [-0.05, 0) is 75.5 Å². The topological polar surface area (TPSA) is 101 Å². The van der Waals surface area contributed by atoms with Gasteiger partial charge in [0.2, 0.25) is 17.7 Å². The van der Waals surface area contributed by atoms with E-state index in [-0.39, 0.29) is 29.4 Å². The number of hydrogen-bond acceptors (Lipinski definition) is 9. The number of likely N-dealkylation sites (tertiary alicyclic amines) is 1. The van der Waals surface area contributed by atoms with Crippen molar-refractivity contribution in [3.8, 4) is 5.88 Å². The molecule has 1 aromatic carbocycles. The van der Waals surface area contributed by atoms with Gasteiger partial charge in [0.05, 0.1) is 24.2 Å². The van der Waals surface area contributed by atoms with E-state index in [2.05, 4.69) is 44.0 Å². The number of benzene rings is 1. The highest BCUT2D eigenvalue weighted by atomic mass is 35.5. The predicted octanol–water partition coefficient (Wildman–Crippen LogP) is 4.49. The molecule has 3 atom stereocenters. The Morgan fingerprint density at radius 1 is 1.19 bits per heavy atom. The molecule has 4 saturated heterocycles. The van der Waals surface area contributed by atoms with Gasteiger partial charge in [0.15, 0.2) is 12.2 Å². The minimum absolute atomic E-state index is 0.0233. The SMILES string of the molecule is C=CC(=O)Nc1cc(Nc2ncc(Cl)c(O[C@H]3CO[C@@H]4[C@H]3OCC4(F)F)n2)ccc1N1CCC2(CCN(C)CC2)CC1. The number of hydrogen-bond donors (Lipinski definition) is 2. The monoisotopic (exact) mass is 604 g/mol. The van der Waals surface area contributed by atoms with E-state index in [9.17, 15) is 13.6 Å². The third-order valence-corrected chi connectivity index (χ3v) is 9.13. The molecule has 4 aliphatic rings. The zero-order chi connectivity index (χ0) is 29.5. The second kappa shape index (κ2) is 11.6. The van der Waals surface area contributed by atoms with Crippen molar-refractivity contribution in [2.45, 2.75) is 49.9 Å². The largest absolute Gasteiger partial charge is 0.468 e. The summed E-state index contributed by atoms with van der Waals surface area (Å²) in [5, 5.41) is 6.18. The van der Waals surface area contributed by atoms with Crippen LogP contribution in [0.4, 0.5) is 31.8 Å². The average Bonchev–Trinajstić information content (AvgIpc) is 3.53. The lowest BCUT2D eigenvalue weighted by atomic mass is 9.71. The molecule has 0 saturated carbocycles. The number of piperidine rings is 2. The zero-order valence-electron chi connectivity index (χ0n) is 23.5. The normalized spacial score (nSPS) is 26.6. The van der Waals surface area contributed by atoms with Crippen LogP contribution in [0, 0.1) is 5.41 Å². The summed E-state index contributed by atoms with van der Waals surface area (Å²) in [4.78, 5) is 25.6. The van der Waals surface area contributed by atoms with Gasteiger partial charge in [-0.3, -0.25) is 4.79 Å². The molecule has 2 N–H and O–H groups in total. The molecule has 0 bridgehead atoms. The summed E-state index contributed by atoms with van der Waals surface area (Å²) in [6.07, 6.45) is 4.21. The van der Waals surface area contributed by atoms with Crippen LogP contribution in [0.1, 0.15) is 25.7 Å². The van der Waals surface area contributed by atoms with Crippen LogP contribution in [0.5, 0.6) is 5.88 Å². The Kier molecular flexibility index (Phi) is 7.99. The first-order chi connectivity index (χ1) is 20.1. The summed E-state index contributed by atoms with van der Waals surface area (Å²) in [5.41, 5.74) is 2.60. The number of fused-ring (bicyclic) bond motifs is 1. The van der Waals surface area contributed by atoms with Crippen LogP contribution in [-0.2, 0) is 14.3 Å². The van der Waals surface area contributed by atoms with Crippen molar-refractivity contribution in [1.29, 1.82) is 0 Å². The van der Waals surface area contributed by atoms with Gasteiger partial charge in [0.25, 0.3) is 5.92 Å². The molecule has 13 heteroatoms. The Hall–Kier alpha value is -3.06. The molecule has 42 heavy (non-hydrogen) atoms. The highest BCUT2D eigenvalue weighted by molar-refractivity contribution is 6.31. The fraction of sp³-hybridized carbons (Fsp3) is 0.552. The number of carbonyl (C=O) groups excluding carboxylic acids is 1. The Balaban J connectivity index is 1.17. The Labute approximate surface area is 248 Å². The van der Waals surface area contributed by atoms with Crippen LogP contribution in [0.25, 0.3) is 0 Å². The third kappa shape index (κ3) is 5.90. The number of anilines is 4. The highest BCUT2D eigenvalue weighted by Crippen LogP contribution is 2.44. The number of nitrogens with one attached hydrogen (secondary N) is 2. The number of amides is 1. The van der Waals surface area contributed by atoms with Crippen LogP contribution in [-0.4, -0.2) is 91.4 Å². The van der Waals surface area contributed by atoms with Gasteiger partial charge in [-0.15, -0.1) is 0 Å². The Bertz CT molecular complexity index is 1330. The lowest BCUT2D eigenvalue weighted by Gasteiger charge is -2.47. The van der Waals surface area contributed by atoms with Gasteiger partial charge in [-0.2, -0.15) is 4.98 Å². The first-order valence-electron chi connectivity index (χ1n) is 14.2. The quantitative estimate of drug-likeness (QED) is 0.443. The fourth-order valence-corrected chi connectivity index (χ4v) is 6.42. The number of halogens is 3. The molecule has 6 rings (SSSR count). The van der Waals surface area contributed by atoms with Crippen molar-refractivity contribution in [3.05, 3.63) is 42.1 Å². The minimum Gasteiger partial charge on any atom is -0.468 e. The Morgan fingerprint density at radius 3 is 2.67 bits per heavy atom. The lowest BCUT2D eigenvalue weighted by molar-refractivity contribution is -0.111. The van der Waals surface area contributed by atoms with Gasteiger partial charge in [-0.25, -0.2) is 13.8 Å². The molecule has 1 aromatic heterocycles. The van der Waals surface area contributed by atoms with Crippen molar-refractivity contribution in [3.63, 3.8) is 0 Å². The molecule has 4 aliphatic heterocycles. The summed E-state index contributed by atoms with van der Waals surface area (Å²) in [6.45, 7) is 6.90. The van der Waals surface area contributed by atoms with Crippen molar-refractivity contribution in [2.24, 2.45) is 5.41 Å². The highest BCUT2D eigenvalue weighted by Gasteiger charge is 2.59. The van der Waals surface area contributed by atoms with Gasteiger partial charge < -0.3 is 34.6 Å². The molecule has 0 radical (unpaired) electrons. The number of nitrogens with zero attached hydrogens (tertiary/aromatic N) is 4. The summed E-state index contributed by atoms with van der Waals surface area (Å²) in [7, 11) is 2.18. The lowest BCUT2D eigenvalue weighted by Crippen LogP contribution is -2.46. The van der Waals surface area contributed by atoms with Crippen LogP contribution < -0.4 is 20.3 Å². The van der Waals surface area contributed by atoms with E-state index in [1.807, 2.05) is 18.2 Å². The maximum atomic E-state index is 14.0. The van der Waals surface area contributed by atoms with Crippen LogP contribution in [0.15, 0.2) is 37.1 Å². The number of ether oxygens (including phenoxy) is 3. The molecule has 226 valence electrons. The molecular formula is C29H35ClF2N6O4. The molecule has 0 unspecified atom stereocenters. The summed E-state index contributed by atoms with van der Waals surface area (Å²) in [6, 6.07) is 5.68. The van der Waals surface area contributed by atoms with Crippen LogP contribution in [0.2, 0.25) is 5.02 Å². The van der Waals surface area contributed by atoms with Crippen LogP contribution in [0.3, 0.4) is 0 Å². The van der Waals surface area contributed by atoms with Gasteiger partial charge in [0.1, 0.15) is 17.7 Å². The van der Waals surface area contributed by atoms with E-state index in [1.165, 1.54) is 25.1 Å². The van der Waals surface area contributed by atoms with Gasteiger partial charge in [-0.1, -0.05) is 18.2 Å². The first-order valence-corrected chi connectivity index (χ1v) is 14.6. The van der Waals surface area contributed by atoms with Crippen molar-refractivity contribution in [2.75, 3.05) is 62.0 Å². The predicted molar refractivity (Wildman–Crippen MR) is 155 cm³/mol. The van der Waals surface area contributed by atoms with E-state index in [0.29, 0.717) is 16.8 Å². The number of rotatable bonds is 7. The van der Waals surface area contributed by atoms with E-state index < -0.39 is 30.8 Å². The number of aromatic nitrogens is 2. The third-order valence-electron chi connectivity index (χ3n) is 8.87. The molecule has 4 fully saturated rings. The van der Waals surface area contributed by atoms with E-state index >= 15 is 0 Å². The van der Waals surface area contributed by atoms with E-state index in [1.54, 1.807) is 0 Å².